The monoisotopic (exact) mass is 296 g/mol. The number of H-pyrrole nitrogens is 1. The number of aromatic nitrogens is 1. The average molecular weight is 297 g/mol. The van der Waals surface area contributed by atoms with Gasteiger partial charge in [0.15, 0.2) is 0 Å². The fourth-order valence-electron chi connectivity index (χ4n) is 3.31. The largest absolute Gasteiger partial charge is 0.377 e. The zero-order chi connectivity index (χ0) is 14.2. The Bertz CT molecular complexity index is 774. The molecule has 3 heteroatoms. The van der Waals surface area contributed by atoms with Crippen LogP contribution in [0.2, 0.25) is 5.02 Å². The van der Waals surface area contributed by atoms with Crippen LogP contribution in [-0.4, -0.2) is 4.98 Å². The van der Waals surface area contributed by atoms with Gasteiger partial charge in [-0.05, 0) is 55.2 Å². The van der Waals surface area contributed by atoms with Crippen LogP contribution in [0.1, 0.15) is 30.1 Å². The average Bonchev–Trinajstić information content (AvgIpc) is 2.89. The first kappa shape index (κ1) is 12.8. The number of para-hydroxylation sites is 1. The van der Waals surface area contributed by atoms with Gasteiger partial charge >= 0.3 is 0 Å². The van der Waals surface area contributed by atoms with Gasteiger partial charge in [0.2, 0.25) is 0 Å². The molecular weight excluding hydrogens is 280 g/mol. The lowest BCUT2D eigenvalue weighted by molar-refractivity contribution is 0.593. The summed E-state index contributed by atoms with van der Waals surface area (Å²) in [5.74, 6) is 0. The quantitative estimate of drug-likeness (QED) is 0.659. The Morgan fingerprint density at radius 3 is 2.71 bits per heavy atom. The number of aromatic amines is 1. The van der Waals surface area contributed by atoms with Gasteiger partial charge in [-0.3, -0.25) is 0 Å². The highest BCUT2D eigenvalue weighted by molar-refractivity contribution is 6.30. The third-order valence-electron chi connectivity index (χ3n) is 4.30. The molecule has 1 aliphatic rings. The molecule has 1 atom stereocenters. The molecule has 2 N–H and O–H groups in total. The second-order valence-electron chi connectivity index (χ2n) is 5.66. The van der Waals surface area contributed by atoms with Crippen molar-refractivity contribution in [3.05, 3.63) is 64.8 Å². The van der Waals surface area contributed by atoms with E-state index in [1.165, 1.54) is 28.6 Å². The zero-order valence-electron chi connectivity index (χ0n) is 11.7. The van der Waals surface area contributed by atoms with Gasteiger partial charge in [0.25, 0.3) is 0 Å². The number of aryl methyl sites for hydroxylation is 1. The zero-order valence-corrected chi connectivity index (χ0v) is 12.5. The second kappa shape index (κ2) is 5.12. The number of hydrogen-bond donors (Lipinski definition) is 2. The molecule has 2 nitrogen and oxygen atoms in total. The Morgan fingerprint density at radius 1 is 1.05 bits per heavy atom. The van der Waals surface area contributed by atoms with Gasteiger partial charge in [0.1, 0.15) is 0 Å². The number of benzene rings is 2. The smallest absolute Gasteiger partial charge is 0.0666 e. The molecule has 0 bridgehead atoms. The van der Waals surface area contributed by atoms with Crippen molar-refractivity contribution in [2.45, 2.75) is 25.3 Å². The third kappa shape index (κ3) is 2.30. The van der Waals surface area contributed by atoms with Crippen molar-refractivity contribution in [2.75, 3.05) is 5.32 Å². The van der Waals surface area contributed by atoms with E-state index in [0.717, 1.165) is 23.6 Å². The van der Waals surface area contributed by atoms with Crippen molar-refractivity contribution in [2.24, 2.45) is 0 Å². The lowest BCUT2D eigenvalue weighted by Gasteiger charge is -2.24. The Kier molecular flexibility index (Phi) is 3.12. The van der Waals surface area contributed by atoms with Crippen LogP contribution >= 0.6 is 11.6 Å². The highest BCUT2D eigenvalue weighted by Gasteiger charge is 2.23. The highest BCUT2D eigenvalue weighted by atomic mass is 35.5. The topological polar surface area (TPSA) is 27.8 Å². The summed E-state index contributed by atoms with van der Waals surface area (Å²) in [5, 5.41) is 5.78. The molecule has 106 valence electrons. The summed E-state index contributed by atoms with van der Waals surface area (Å²) in [6, 6.07) is 16.9. The molecule has 1 aromatic heterocycles. The molecule has 1 aliphatic carbocycles. The molecule has 0 spiro atoms. The molecule has 3 aromatic rings. The molecular formula is C18H17ClN2. The summed E-state index contributed by atoms with van der Waals surface area (Å²) in [6.07, 6.45) is 3.54. The van der Waals surface area contributed by atoms with Crippen LogP contribution in [0.15, 0.2) is 48.5 Å². The summed E-state index contributed by atoms with van der Waals surface area (Å²) in [7, 11) is 0. The maximum atomic E-state index is 5.95. The van der Waals surface area contributed by atoms with Gasteiger partial charge in [0.05, 0.1) is 6.04 Å². The maximum Gasteiger partial charge on any atom is 0.0666 e. The Hall–Kier alpha value is -1.93. The summed E-state index contributed by atoms with van der Waals surface area (Å²) < 4.78 is 0. The van der Waals surface area contributed by atoms with Crippen LogP contribution in [0.3, 0.4) is 0 Å². The van der Waals surface area contributed by atoms with E-state index in [1.807, 2.05) is 24.3 Å². The second-order valence-corrected chi connectivity index (χ2v) is 6.10. The first-order chi connectivity index (χ1) is 10.3. The maximum absolute atomic E-state index is 5.95. The van der Waals surface area contributed by atoms with E-state index in [0.29, 0.717) is 6.04 Å². The van der Waals surface area contributed by atoms with E-state index in [1.54, 1.807) is 0 Å². The van der Waals surface area contributed by atoms with Gasteiger partial charge in [-0.25, -0.2) is 0 Å². The van der Waals surface area contributed by atoms with Gasteiger partial charge in [0, 0.05) is 27.3 Å². The van der Waals surface area contributed by atoms with E-state index in [2.05, 4.69) is 34.6 Å². The molecule has 0 fully saturated rings. The molecule has 1 heterocycles. The number of halogens is 1. The number of rotatable bonds is 2. The van der Waals surface area contributed by atoms with E-state index in [4.69, 9.17) is 11.6 Å². The van der Waals surface area contributed by atoms with Crippen molar-refractivity contribution in [3.63, 3.8) is 0 Å². The molecule has 0 saturated heterocycles. The van der Waals surface area contributed by atoms with E-state index < -0.39 is 0 Å². The first-order valence-electron chi connectivity index (χ1n) is 7.43. The van der Waals surface area contributed by atoms with Crippen LogP contribution in [-0.2, 0) is 6.42 Å². The molecule has 0 amide bonds. The van der Waals surface area contributed by atoms with E-state index in [-0.39, 0.29) is 0 Å². The van der Waals surface area contributed by atoms with Gasteiger partial charge < -0.3 is 10.3 Å². The van der Waals surface area contributed by atoms with Crippen molar-refractivity contribution in [3.8, 4) is 0 Å². The molecule has 0 saturated carbocycles. The van der Waals surface area contributed by atoms with Crippen LogP contribution in [0.4, 0.5) is 5.69 Å². The number of anilines is 1. The third-order valence-corrected chi connectivity index (χ3v) is 4.55. The van der Waals surface area contributed by atoms with Crippen LogP contribution in [0, 0.1) is 0 Å². The lowest BCUT2D eigenvalue weighted by Crippen LogP contribution is -2.17. The Labute approximate surface area is 129 Å². The van der Waals surface area contributed by atoms with Gasteiger partial charge in [-0.2, -0.15) is 0 Å². The van der Waals surface area contributed by atoms with Gasteiger partial charge in [-0.1, -0.05) is 29.8 Å². The van der Waals surface area contributed by atoms with Crippen molar-refractivity contribution >= 4 is 28.2 Å². The fraction of sp³-hybridized carbons (Fsp3) is 0.222. The van der Waals surface area contributed by atoms with Crippen molar-refractivity contribution < 1.29 is 0 Å². The summed E-state index contributed by atoms with van der Waals surface area (Å²) in [5.41, 5.74) is 5.18. The molecule has 1 unspecified atom stereocenters. The minimum absolute atomic E-state index is 0.349. The Morgan fingerprint density at radius 2 is 1.86 bits per heavy atom. The molecule has 4 rings (SSSR count). The van der Waals surface area contributed by atoms with E-state index >= 15 is 0 Å². The van der Waals surface area contributed by atoms with Crippen LogP contribution in [0.25, 0.3) is 10.9 Å². The molecule has 2 aromatic carbocycles. The summed E-state index contributed by atoms with van der Waals surface area (Å²) in [4.78, 5) is 3.61. The number of nitrogens with one attached hydrogen (secondary N) is 2. The molecule has 21 heavy (non-hydrogen) atoms. The van der Waals surface area contributed by atoms with Gasteiger partial charge in [-0.15, -0.1) is 0 Å². The Balaban J connectivity index is 1.71. The number of hydrogen-bond acceptors (Lipinski definition) is 1. The first-order valence-corrected chi connectivity index (χ1v) is 7.80. The predicted octanol–water partition coefficient (Wildman–Crippen LogP) is 5.31. The molecule has 0 radical (unpaired) electrons. The van der Waals surface area contributed by atoms with Crippen LogP contribution in [0.5, 0.6) is 0 Å². The standard InChI is InChI=1S/C18H17ClN2/c19-12-8-10-13(11-9-12)20-17-7-3-5-15-14-4-1-2-6-16(14)21-18(15)17/h1-2,4,6,8-11,17,20-21H,3,5,7H2. The fourth-order valence-corrected chi connectivity index (χ4v) is 3.43. The lowest BCUT2D eigenvalue weighted by atomic mass is 9.91. The minimum atomic E-state index is 0.349. The normalized spacial score (nSPS) is 17.7. The SMILES string of the molecule is Clc1ccc(NC2CCCc3c2[nH]c2ccccc32)cc1. The summed E-state index contributed by atoms with van der Waals surface area (Å²) >= 11 is 5.95. The highest BCUT2D eigenvalue weighted by Crippen LogP contribution is 2.36. The van der Waals surface area contributed by atoms with Crippen LogP contribution < -0.4 is 5.32 Å². The number of fused-ring (bicyclic) bond motifs is 3. The minimum Gasteiger partial charge on any atom is -0.377 e. The van der Waals surface area contributed by atoms with Crippen molar-refractivity contribution in [1.29, 1.82) is 0 Å². The summed E-state index contributed by atoms with van der Waals surface area (Å²) in [6.45, 7) is 0. The predicted molar refractivity (Wildman–Crippen MR) is 89.1 cm³/mol. The van der Waals surface area contributed by atoms with E-state index in [9.17, 15) is 0 Å². The molecule has 0 aliphatic heterocycles. The van der Waals surface area contributed by atoms with Crippen molar-refractivity contribution in [1.82, 2.24) is 4.98 Å².